The van der Waals surface area contributed by atoms with E-state index in [1.807, 2.05) is 13.2 Å². The summed E-state index contributed by atoms with van der Waals surface area (Å²) in [5.41, 5.74) is 4.34. The molecule has 3 aromatic heterocycles. The molecule has 94 valence electrons. The second-order valence-electron chi connectivity index (χ2n) is 4.53. The summed E-state index contributed by atoms with van der Waals surface area (Å²) < 4.78 is 4.27. The van der Waals surface area contributed by atoms with Gasteiger partial charge in [-0.1, -0.05) is 18.2 Å². The molecule has 4 rings (SSSR count). The minimum absolute atomic E-state index is 0. The molecule has 0 aliphatic heterocycles. The van der Waals surface area contributed by atoms with Crippen LogP contribution in [0.15, 0.2) is 54.7 Å². The fraction of sp³-hybridized carbons (Fsp3) is 0.0667. The third-order valence-electron chi connectivity index (χ3n) is 3.41. The molecule has 0 atom stereocenters. The summed E-state index contributed by atoms with van der Waals surface area (Å²) in [4.78, 5) is 4.69. The lowest BCUT2D eigenvalue weighted by molar-refractivity contribution is -0.646. The normalized spacial score (nSPS) is 11.0. The molecule has 0 unspecified atom stereocenters. The number of benzene rings is 1. The Balaban J connectivity index is 0.00000110. The molecule has 19 heavy (non-hydrogen) atoms. The predicted octanol–water partition coefficient (Wildman–Crippen LogP) is -0.531. The first kappa shape index (κ1) is 12.3. The molecule has 0 radical (unpaired) electrons. The molecular weight excluding hydrogens is 349 g/mol. The summed E-state index contributed by atoms with van der Waals surface area (Å²) in [5.74, 6) is 0. The summed E-state index contributed by atoms with van der Waals surface area (Å²) in [6, 6.07) is 16.8. The van der Waals surface area contributed by atoms with E-state index in [4.69, 9.17) is 4.98 Å². The quantitative estimate of drug-likeness (QED) is 0.305. The number of hydrogen-bond acceptors (Lipinski definition) is 1. The van der Waals surface area contributed by atoms with Gasteiger partial charge in [0.1, 0.15) is 5.52 Å². The van der Waals surface area contributed by atoms with Crippen LogP contribution >= 0.6 is 0 Å². The number of aryl methyl sites for hydroxylation is 1. The summed E-state index contributed by atoms with van der Waals surface area (Å²) >= 11 is 0. The minimum atomic E-state index is 0. The molecule has 0 fully saturated rings. The summed E-state index contributed by atoms with van der Waals surface area (Å²) in [6.45, 7) is 0. The van der Waals surface area contributed by atoms with Gasteiger partial charge in [-0.05, 0) is 34.6 Å². The highest BCUT2D eigenvalue weighted by Crippen LogP contribution is 2.21. The Morgan fingerprint density at radius 2 is 1.74 bits per heavy atom. The molecule has 0 aliphatic rings. The lowest BCUT2D eigenvalue weighted by Crippen LogP contribution is -3.00. The SMILES string of the molecule is C[n+]1cccc2c1nc1ccc3ccccc3n12.[I-]. The van der Waals surface area contributed by atoms with E-state index in [0.717, 1.165) is 16.8 Å². The molecule has 1 aromatic carbocycles. The number of halogens is 1. The Labute approximate surface area is 127 Å². The minimum Gasteiger partial charge on any atom is -1.00 e. The van der Waals surface area contributed by atoms with Gasteiger partial charge in [-0.3, -0.25) is 4.40 Å². The number of hydrogen-bond donors (Lipinski definition) is 0. The number of aromatic nitrogens is 3. The Morgan fingerprint density at radius 1 is 0.947 bits per heavy atom. The zero-order valence-corrected chi connectivity index (χ0v) is 12.6. The highest BCUT2D eigenvalue weighted by atomic mass is 127. The van der Waals surface area contributed by atoms with Crippen molar-refractivity contribution in [2.45, 2.75) is 0 Å². The number of pyridine rings is 2. The second kappa shape index (κ2) is 4.45. The maximum Gasteiger partial charge on any atom is 0.349 e. The maximum atomic E-state index is 4.69. The topological polar surface area (TPSA) is 21.2 Å². The van der Waals surface area contributed by atoms with Crippen LogP contribution in [0.25, 0.3) is 27.7 Å². The van der Waals surface area contributed by atoms with Gasteiger partial charge in [0.2, 0.25) is 0 Å². The van der Waals surface area contributed by atoms with Gasteiger partial charge in [-0.15, -0.1) is 0 Å². The van der Waals surface area contributed by atoms with Crippen molar-refractivity contribution in [1.82, 2.24) is 9.38 Å². The van der Waals surface area contributed by atoms with E-state index in [-0.39, 0.29) is 24.0 Å². The first-order valence-corrected chi connectivity index (χ1v) is 5.99. The molecule has 0 spiro atoms. The molecule has 0 N–H and O–H groups in total. The first-order chi connectivity index (χ1) is 8.84. The van der Waals surface area contributed by atoms with Crippen molar-refractivity contribution in [3.63, 3.8) is 0 Å². The van der Waals surface area contributed by atoms with Gasteiger partial charge in [0.15, 0.2) is 0 Å². The molecule has 0 amide bonds. The molecule has 4 aromatic rings. The van der Waals surface area contributed by atoms with Crippen molar-refractivity contribution in [2.24, 2.45) is 7.05 Å². The first-order valence-electron chi connectivity index (χ1n) is 5.99. The van der Waals surface area contributed by atoms with E-state index >= 15 is 0 Å². The van der Waals surface area contributed by atoms with Gasteiger partial charge in [0.05, 0.1) is 18.8 Å². The van der Waals surface area contributed by atoms with Crippen molar-refractivity contribution >= 4 is 27.7 Å². The molecule has 0 saturated heterocycles. The summed E-state index contributed by atoms with van der Waals surface area (Å²) in [7, 11) is 2.02. The third-order valence-corrected chi connectivity index (χ3v) is 3.41. The van der Waals surface area contributed by atoms with Gasteiger partial charge in [0.25, 0.3) is 5.65 Å². The number of fused-ring (bicyclic) bond motifs is 5. The van der Waals surface area contributed by atoms with Gasteiger partial charge < -0.3 is 24.0 Å². The van der Waals surface area contributed by atoms with Gasteiger partial charge in [-0.2, -0.15) is 0 Å². The third kappa shape index (κ3) is 1.70. The lowest BCUT2D eigenvalue weighted by Gasteiger charge is -2.00. The summed E-state index contributed by atoms with van der Waals surface area (Å²) in [5, 5.41) is 1.23. The smallest absolute Gasteiger partial charge is 0.349 e. The predicted molar refractivity (Wildman–Crippen MR) is 71.4 cm³/mol. The molecule has 3 heterocycles. The standard InChI is InChI=1S/C15H12N3.HI/c1-17-10-4-7-13-15(17)16-14-9-8-11-5-2-3-6-12(11)18(13)14;/h2-10H,1H3;1H/q+1;/p-1. The largest absolute Gasteiger partial charge is 1.00 e. The highest BCUT2D eigenvalue weighted by Gasteiger charge is 2.15. The van der Waals surface area contributed by atoms with E-state index in [1.54, 1.807) is 0 Å². The average molecular weight is 361 g/mol. The van der Waals surface area contributed by atoms with E-state index in [2.05, 4.69) is 57.5 Å². The Kier molecular flexibility index (Phi) is 2.89. The zero-order valence-electron chi connectivity index (χ0n) is 10.4. The van der Waals surface area contributed by atoms with Crippen LogP contribution in [0.2, 0.25) is 0 Å². The maximum absolute atomic E-state index is 4.69. The molecular formula is C15H12IN3. The van der Waals surface area contributed by atoms with Crippen LogP contribution in [0, 0.1) is 0 Å². The highest BCUT2D eigenvalue weighted by molar-refractivity contribution is 5.88. The number of para-hydroxylation sites is 1. The van der Waals surface area contributed by atoms with Crippen LogP contribution in [-0.2, 0) is 7.05 Å². The van der Waals surface area contributed by atoms with E-state index < -0.39 is 0 Å². The Morgan fingerprint density at radius 3 is 2.63 bits per heavy atom. The molecule has 0 bridgehead atoms. The van der Waals surface area contributed by atoms with Crippen molar-refractivity contribution < 1.29 is 28.5 Å². The lowest BCUT2D eigenvalue weighted by atomic mass is 10.2. The fourth-order valence-electron chi connectivity index (χ4n) is 2.54. The molecule has 0 saturated carbocycles. The van der Waals surface area contributed by atoms with Crippen molar-refractivity contribution in [3.8, 4) is 0 Å². The van der Waals surface area contributed by atoms with Crippen LogP contribution < -0.4 is 28.5 Å². The Bertz CT molecular complexity index is 896. The van der Waals surface area contributed by atoms with Crippen LogP contribution in [0.4, 0.5) is 0 Å². The molecule has 0 aliphatic carbocycles. The fourth-order valence-corrected chi connectivity index (χ4v) is 2.54. The van der Waals surface area contributed by atoms with Crippen LogP contribution in [0.1, 0.15) is 0 Å². The van der Waals surface area contributed by atoms with E-state index in [9.17, 15) is 0 Å². The van der Waals surface area contributed by atoms with Gasteiger partial charge >= 0.3 is 5.65 Å². The molecule has 3 nitrogen and oxygen atoms in total. The zero-order chi connectivity index (χ0) is 12.1. The van der Waals surface area contributed by atoms with Crippen LogP contribution in [-0.4, -0.2) is 9.38 Å². The number of imidazole rings is 1. The van der Waals surface area contributed by atoms with E-state index in [0.29, 0.717) is 0 Å². The number of nitrogens with zero attached hydrogens (tertiary/aromatic N) is 3. The number of rotatable bonds is 0. The summed E-state index contributed by atoms with van der Waals surface area (Å²) in [6.07, 6.45) is 2.02. The van der Waals surface area contributed by atoms with Crippen molar-refractivity contribution in [1.29, 1.82) is 0 Å². The average Bonchev–Trinajstić information content (AvgIpc) is 2.79. The monoisotopic (exact) mass is 361 g/mol. The molecule has 4 heteroatoms. The van der Waals surface area contributed by atoms with E-state index in [1.165, 1.54) is 10.9 Å². The Hall–Kier alpha value is -1.69. The van der Waals surface area contributed by atoms with Gasteiger partial charge in [-0.25, -0.2) is 4.57 Å². The van der Waals surface area contributed by atoms with Crippen molar-refractivity contribution in [3.05, 3.63) is 54.7 Å². The van der Waals surface area contributed by atoms with Crippen molar-refractivity contribution in [2.75, 3.05) is 0 Å². The van der Waals surface area contributed by atoms with Gasteiger partial charge in [0, 0.05) is 6.07 Å². The van der Waals surface area contributed by atoms with Crippen LogP contribution in [0.3, 0.4) is 0 Å². The second-order valence-corrected chi connectivity index (χ2v) is 4.53. The van der Waals surface area contributed by atoms with Crippen LogP contribution in [0.5, 0.6) is 0 Å².